The van der Waals surface area contributed by atoms with Crippen molar-refractivity contribution in [1.82, 2.24) is 10.2 Å². The summed E-state index contributed by atoms with van der Waals surface area (Å²) in [7, 11) is 1.61. The minimum absolute atomic E-state index is 0.100. The first-order chi connectivity index (χ1) is 11.9. The highest BCUT2D eigenvalue weighted by Gasteiger charge is 2.12. The molecular weight excluding hydrogens is 318 g/mol. The maximum absolute atomic E-state index is 12.1. The Balaban J connectivity index is 2.69. The van der Waals surface area contributed by atoms with E-state index in [1.165, 1.54) is 0 Å². The van der Waals surface area contributed by atoms with Crippen molar-refractivity contribution in [3.63, 3.8) is 0 Å². The molecule has 1 aromatic rings. The van der Waals surface area contributed by atoms with E-state index >= 15 is 0 Å². The summed E-state index contributed by atoms with van der Waals surface area (Å²) in [5.41, 5.74) is 0.673. The Labute approximate surface area is 151 Å². The molecular formula is C19H33N3O3. The molecule has 0 aliphatic rings. The third-order valence-electron chi connectivity index (χ3n) is 4.34. The van der Waals surface area contributed by atoms with Crippen LogP contribution in [-0.4, -0.2) is 50.3 Å². The number of carbonyl (C=O) groups excluding carboxylic acids is 1. The first kappa shape index (κ1) is 21.1. The Kier molecular flexibility index (Phi) is 9.13. The van der Waals surface area contributed by atoms with Gasteiger partial charge in [-0.3, -0.25) is 0 Å². The van der Waals surface area contributed by atoms with Crippen LogP contribution >= 0.6 is 0 Å². The number of hydrogen-bond donors (Lipinski definition) is 2. The van der Waals surface area contributed by atoms with E-state index in [4.69, 9.17) is 9.47 Å². The number of nitrogens with zero attached hydrogens (tertiary/aromatic N) is 1. The average Bonchev–Trinajstić information content (AvgIpc) is 2.58. The van der Waals surface area contributed by atoms with Gasteiger partial charge in [0.25, 0.3) is 0 Å². The number of likely N-dealkylation sites (N-methyl/N-ethyl adjacent to an activating group) is 1. The summed E-state index contributed by atoms with van der Waals surface area (Å²) in [5, 5.41) is 5.77. The number of rotatable bonds is 10. The van der Waals surface area contributed by atoms with Crippen molar-refractivity contribution in [3.8, 4) is 11.5 Å². The molecule has 6 nitrogen and oxygen atoms in total. The van der Waals surface area contributed by atoms with Crippen LogP contribution < -0.4 is 20.1 Å². The lowest BCUT2D eigenvalue weighted by molar-refractivity contribution is 0.217. The van der Waals surface area contributed by atoms with Gasteiger partial charge in [-0.1, -0.05) is 27.7 Å². The Morgan fingerprint density at radius 2 is 1.84 bits per heavy atom. The van der Waals surface area contributed by atoms with Crippen LogP contribution in [0.4, 0.5) is 10.5 Å². The van der Waals surface area contributed by atoms with Gasteiger partial charge in [0, 0.05) is 24.3 Å². The van der Waals surface area contributed by atoms with Gasteiger partial charge in [0.1, 0.15) is 6.61 Å². The van der Waals surface area contributed by atoms with Crippen LogP contribution in [0.2, 0.25) is 0 Å². The monoisotopic (exact) mass is 351 g/mol. The van der Waals surface area contributed by atoms with E-state index in [9.17, 15) is 4.79 Å². The lowest BCUT2D eigenvalue weighted by Gasteiger charge is -2.20. The Morgan fingerprint density at radius 3 is 2.40 bits per heavy atom. The fourth-order valence-corrected chi connectivity index (χ4v) is 2.23. The maximum atomic E-state index is 12.1. The van der Waals surface area contributed by atoms with E-state index in [1.807, 2.05) is 6.92 Å². The fraction of sp³-hybridized carbons (Fsp3) is 0.632. The summed E-state index contributed by atoms with van der Waals surface area (Å²) in [6, 6.07) is 5.27. The normalized spacial score (nSPS) is 12.2. The van der Waals surface area contributed by atoms with Gasteiger partial charge in [-0.25, -0.2) is 4.79 Å². The van der Waals surface area contributed by atoms with E-state index in [1.54, 1.807) is 25.3 Å². The van der Waals surface area contributed by atoms with Crippen LogP contribution in [0.25, 0.3) is 0 Å². The zero-order valence-electron chi connectivity index (χ0n) is 16.4. The second-order valence-corrected chi connectivity index (χ2v) is 6.37. The molecule has 1 aromatic carbocycles. The Hall–Kier alpha value is -1.95. The largest absolute Gasteiger partial charge is 0.493 e. The van der Waals surface area contributed by atoms with E-state index in [0.29, 0.717) is 29.7 Å². The molecule has 1 atom stereocenters. The lowest BCUT2D eigenvalue weighted by atomic mass is 10.1. The van der Waals surface area contributed by atoms with Crippen LogP contribution in [0.5, 0.6) is 11.5 Å². The van der Waals surface area contributed by atoms with Crippen molar-refractivity contribution < 1.29 is 14.3 Å². The molecule has 0 fully saturated rings. The first-order valence-corrected chi connectivity index (χ1v) is 9.01. The molecule has 2 amide bonds. The summed E-state index contributed by atoms with van der Waals surface area (Å²) < 4.78 is 11.2. The molecule has 1 unspecified atom stereocenters. The highest BCUT2D eigenvalue weighted by Crippen LogP contribution is 2.30. The third kappa shape index (κ3) is 7.22. The Morgan fingerprint density at radius 1 is 1.16 bits per heavy atom. The molecule has 0 aromatic heterocycles. The van der Waals surface area contributed by atoms with Crippen molar-refractivity contribution in [2.24, 2.45) is 5.92 Å². The summed E-state index contributed by atoms with van der Waals surface area (Å²) >= 11 is 0. The van der Waals surface area contributed by atoms with Gasteiger partial charge in [0.05, 0.1) is 7.11 Å². The van der Waals surface area contributed by atoms with Crippen LogP contribution in [-0.2, 0) is 0 Å². The smallest absolute Gasteiger partial charge is 0.319 e. The van der Waals surface area contributed by atoms with E-state index in [-0.39, 0.29) is 12.1 Å². The van der Waals surface area contributed by atoms with Gasteiger partial charge >= 0.3 is 6.03 Å². The van der Waals surface area contributed by atoms with Crippen molar-refractivity contribution in [3.05, 3.63) is 18.2 Å². The van der Waals surface area contributed by atoms with Crippen LogP contribution in [0, 0.1) is 5.92 Å². The highest BCUT2D eigenvalue weighted by atomic mass is 16.5. The van der Waals surface area contributed by atoms with Crippen molar-refractivity contribution in [2.45, 2.75) is 40.7 Å². The Bertz CT molecular complexity index is 531. The summed E-state index contributed by atoms with van der Waals surface area (Å²) in [6.07, 6.45) is 0. The number of nitrogens with one attached hydrogen (secondary N) is 2. The average molecular weight is 351 g/mol. The quantitative estimate of drug-likeness (QED) is 0.676. The van der Waals surface area contributed by atoms with Crippen LogP contribution in [0.3, 0.4) is 0 Å². The molecule has 0 spiro atoms. The number of methoxy groups -OCH3 is 1. The van der Waals surface area contributed by atoms with Crippen LogP contribution in [0.15, 0.2) is 18.2 Å². The standard InChI is InChI=1S/C19H33N3O3/c1-7-22(8-2)11-12-25-18-13-16(9-10-17(18)24-6)21-19(23)20-15(5)14(3)4/h9-10,13-15H,7-8,11-12H2,1-6H3,(H2,20,21,23). The lowest BCUT2D eigenvalue weighted by Crippen LogP contribution is -2.39. The SMILES string of the molecule is CCN(CC)CCOc1cc(NC(=O)NC(C)C(C)C)ccc1OC. The zero-order valence-corrected chi connectivity index (χ0v) is 16.4. The molecule has 0 saturated carbocycles. The predicted molar refractivity (Wildman–Crippen MR) is 103 cm³/mol. The molecule has 0 aliphatic heterocycles. The molecule has 0 bridgehead atoms. The molecule has 0 heterocycles. The second-order valence-electron chi connectivity index (χ2n) is 6.37. The van der Waals surface area contributed by atoms with Gasteiger partial charge in [0.2, 0.25) is 0 Å². The number of benzene rings is 1. The van der Waals surface area contributed by atoms with Gasteiger partial charge in [-0.05, 0) is 38.1 Å². The minimum atomic E-state index is -0.222. The molecule has 0 aliphatic carbocycles. The third-order valence-corrected chi connectivity index (χ3v) is 4.34. The van der Waals surface area contributed by atoms with Gasteiger partial charge < -0.3 is 25.0 Å². The fourth-order valence-electron chi connectivity index (χ4n) is 2.23. The predicted octanol–water partition coefficient (Wildman–Crippen LogP) is 3.58. The molecule has 25 heavy (non-hydrogen) atoms. The summed E-state index contributed by atoms with van der Waals surface area (Å²) in [4.78, 5) is 14.4. The molecule has 0 radical (unpaired) electrons. The number of amides is 2. The first-order valence-electron chi connectivity index (χ1n) is 9.01. The zero-order chi connectivity index (χ0) is 18.8. The van der Waals surface area contributed by atoms with E-state index in [2.05, 4.69) is 43.2 Å². The topological polar surface area (TPSA) is 62.8 Å². The minimum Gasteiger partial charge on any atom is -0.493 e. The van der Waals surface area contributed by atoms with Gasteiger partial charge in [-0.15, -0.1) is 0 Å². The number of urea groups is 1. The van der Waals surface area contributed by atoms with Crippen molar-refractivity contribution >= 4 is 11.7 Å². The number of carbonyl (C=O) groups is 1. The van der Waals surface area contributed by atoms with E-state index < -0.39 is 0 Å². The molecule has 2 N–H and O–H groups in total. The molecule has 142 valence electrons. The van der Waals surface area contributed by atoms with Crippen molar-refractivity contribution in [2.75, 3.05) is 38.7 Å². The molecule has 6 heteroatoms. The van der Waals surface area contributed by atoms with Gasteiger partial charge in [0.15, 0.2) is 11.5 Å². The molecule has 0 saturated heterocycles. The number of ether oxygens (including phenoxy) is 2. The number of anilines is 1. The summed E-state index contributed by atoms with van der Waals surface area (Å²) in [5.74, 6) is 1.66. The second kappa shape index (κ2) is 10.8. The van der Waals surface area contributed by atoms with E-state index in [0.717, 1.165) is 19.6 Å². The highest BCUT2D eigenvalue weighted by molar-refractivity contribution is 5.89. The maximum Gasteiger partial charge on any atom is 0.319 e. The number of hydrogen-bond acceptors (Lipinski definition) is 4. The van der Waals surface area contributed by atoms with Gasteiger partial charge in [-0.2, -0.15) is 0 Å². The molecule has 1 rings (SSSR count). The van der Waals surface area contributed by atoms with Crippen molar-refractivity contribution in [1.29, 1.82) is 0 Å². The summed E-state index contributed by atoms with van der Waals surface area (Å²) in [6.45, 7) is 13.8. The van der Waals surface area contributed by atoms with Crippen LogP contribution in [0.1, 0.15) is 34.6 Å².